The van der Waals surface area contributed by atoms with E-state index in [1.54, 1.807) is 6.07 Å². The molecular formula is C14H21N3O2. The summed E-state index contributed by atoms with van der Waals surface area (Å²) in [4.78, 5) is 16.4. The first-order valence-corrected chi connectivity index (χ1v) is 6.84. The molecule has 0 saturated carbocycles. The maximum atomic E-state index is 12.2. The van der Waals surface area contributed by atoms with Gasteiger partial charge in [0.25, 0.3) is 5.91 Å². The molecule has 3 N–H and O–H groups in total. The number of aryl methyl sites for hydroxylation is 1. The fourth-order valence-corrected chi connectivity index (χ4v) is 2.25. The number of pyridine rings is 1. The average molecular weight is 263 g/mol. The molecule has 2 rings (SSSR count). The number of amides is 1. The smallest absolute Gasteiger partial charge is 0.251 e. The summed E-state index contributed by atoms with van der Waals surface area (Å²) in [6.45, 7) is 3.45. The highest BCUT2D eigenvalue weighted by atomic mass is 16.5. The van der Waals surface area contributed by atoms with Gasteiger partial charge in [-0.1, -0.05) is 13.3 Å². The van der Waals surface area contributed by atoms with Crippen molar-refractivity contribution in [2.45, 2.75) is 38.6 Å². The van der Waals surface area contributed by atoms with Crippen LogP contribution in [-0.2, 0) is 11.2 Å². The number of nitrogens with two attached hydrogens (primary N) is 1. The lowest BCUT2D eigenvalue weighted by Gasteiger charge is -2.23. The highest BCUT2D eigenvalue weighted by Crippen LogP contribution is 2.11. The summed E-state index contributed by atoms with van der Waals surface area (Å²) in [7, 11) is 0. The van der Waals surface area contributed by atoms with E-state index < -0.39 is 0 Å². The zero-order valence-electron chi connectivity index (χ0n) is 11.3. The monoisotopic (exact) mass is 263 g/mol. The highest BCUT2D eigenvalue weighted by Gasteiger charge is 2.17. The fraction of sp³-hybridized carbons (Fsp3) is 0.571. The van der Waals surface area contributed by atoms with Gasteiger partial charge in [-0.05, 0) is 31.4 Å². The van der Waals surface area contributed by atoms with Crippen molar-refractivity contribution in [3.05, 3.63) is 23.4 Å². The lowest BCUT2D eigenvalue weighted by Crippen LogP contribution is -2.40. The minimum atomic E-state index is -0.0954. The summed E-state index contributed by atoms with van der Waals surface area (Å²) in [5.74, 6) is 0.304. The Kier molecular flexibility index (Phi) is 4.74. The maximum absolute atomic E-state index is 12.2. The summed E-state index contributed by atoms with van der Waals surface area (Å²) in [5, 5.41) is 2.98. The summed E-state index contributed by atoms with van der Waals surface area (Å²) < 4.78 is 5.35. The quantitative estimate of drug-likeness (QED) is 0.863. The highest BCUT2D eigenvalue weighted by molar-refractivity contribution is 5.95. The van der Waals surface area contributed by atoms with E-state index >= 15 is 0 Å². The van der Waals surface area contributed by atoms with E-state index in [9.17, 15) is 4.79 Å². The van der Waals surface area contributed by atoms with Crippen molar-refractivity contribution in [3.8, 4) is 0 Å². The number of nitrogens with zero attached hydrogens (tertiary/aromatic N) is 1. The van der Waals surface area contributed by atoms with Gasteiger partial charge in [0.2, 0.25) is 0 Å². The van der Waals surface area contributed by atoms with Gasteiger partial charge < -0.3 is 15.8 Å². The minimum Gasteiger partial charge on any atom is -0.384 e. The molecule has 0 radical (unpaired) electrons. The number of anilines is 1. The predicted molar refractivity (Wildman–Crippen MR) is 74.0 cm³/mol. The first-order chi connectivity index (χ1) is 9.19. The molecule has 1 saturated heterocycles. The van der Waals surface area contributed by atoms with Crippen LogP contribution in [0.2, 0.25) is 0 Å². The van der Waals surface area contributed by atoms with E-state index in [0.717, 1.165) is 38.0 Å². The number of nitrogen functional groups attached to an aromatic ring is 1. The number of carbonyl (C=O) groups is 1. The average Bonchev–Trinajstić information content (AvgIpc) is 2.39. The predicted octanol–water partition coefficient (Wildman–Crippen LogP) is 1.53. The van der Waals surface area contributed by atoms with Crippen LogP contribution in [0.4, 0.5) is 5.82 Å². The Hall–Kier alpha value is -1.62. The second-order valence-electron chi connectivity index (χ2n) is 4.91. The molecule has 5 heteroatoms. The maximum Gasteiger partial charge on any atom is 0.251 e. The summed E-state index contributed by atoms with van der Waals surface area (Å²) in [5.41, 5.74) is 7.20. The van der Waals surface area contributed by atoms with Gasteiger partial charge in [0.15, 0.2) is 0 Å². The first-order valence-electron chi connectivity index (χ1n) is 6.84. The molecule has 0 aliphatic carbocycles. The molecule has 1 aromatic heterocycles. The fourth-order valence-electron chi connectivity index (χ4n) is 2.25. The molecule has 1 aliphatic heterocycles. The van der Waals surface area contributed by atoms with Gasteiger partial charge in [-0.15, -0.1) is 0 Å². The molecule has 104 valence electrons. The van der Waals surface area contributed by atoms with E-state index in [-0.39, 0.29) is 11.9 Å². The van der Waals surface area contributed by atoms with Crippen LogP contribution >= 0.6 is 0 Å². The van der Waals surface area contributed by atoms with Crippen LogP contribution in [0.1, 0.15) is 42.2 Å². The summed E-state index contributed by atoms with van der Waals surface area (Å²) in [6.07, 6.45) is 3.77. The van der Waals surface area contributed by atoms with E-state index in [2.05, 4.69) is 17.2 Å². The number of nitrogens with one attached hydrogen (secondary N) is 1. The van der Waals surface area contributed by atoms with Crippen LogP contribution in [0.15, 0.2) is 12.1 Å². The number of carbonyl (C=O) groups excluding carboxylic acids is 1. The van der Waals surface area contributed by atoms with Gasteiger partial charge in [-0.25, -0.2) is 4.98 Å². The minimum absolute atomic E-state index is 0.0954. The van der Waals surface area contributed by atoms with Crippen LogP contribution in [0.3, 0.4) is 0 Å². The van der Waals surface area contributed by atoms with Gasteiger partial charge >= 0.3 is 0 Å². The number of hydrogen-bond acceptors (Lipinski definition) is 4. The van der Waals surface area contributed by atoms with Crippen molar-refractivity contribution in [1.82, 2.24) is 10.3 Å². The molecule has 1 aliphatic rings. The van der Waals surface area contributed by atoms with Crippen LogP contribution in [0.5, 0.6) is 0 Å². The van der Waals surface area contributed by atoms with E-state index in [1.165, 1.54) is 0 Å². The summed E-state index contributed by atoms with van der Waals surface area (Å²) >= 11 is 0. The second kappa shape index (κ2) is 6.52. The lowest BCUT2D eigenvalue weighted by atomic mass is 10.1. The third-order valence-electron chi connectivity index (χ3n) is 3.16. The number of rotatable bonds is 4. The molecule has 1 unspecified atom stereocenters. The van der Waals surface area contributed by atoms with Crippen LogP contribution in [0, 0.1) is 0 Å². The largest absolute Gasteiger partial charge is 0.384 e. The van der Waals surface area contributed by atoms with Gasteiger partial charge in [0.1, 0.15) is 5.82 Å². The van der Waals surface area contributed by atoms with Crippen molar-refractivity contribution in [2.24, 2.45) is 0 Å². The SMILES string of the molecule is CCCc1cc(C(=O)NC2CCCOC2)cc(N)n1. The molecule has 1 aromatic rings. The molecule has 0 bridgehead atoms. The molecule has 1 atom stereocenters. The molecule has 1 fully saturated rings. The van der Waals surface area contributed by atoms with E-state index in [4.69, 9.17) is 10.5 Å². The topological polar surface area (TPSA) is 77.2 Å². The zero-order valence-corrected chi connectivity index (χ0v) is 11.3. The van der Waals surface area contributed by atoms with Crippen molar-refractivity contribution in [1.29, 1.82) is 0 Å². The van der Waals surface area contributed by atoms with Crippen molar-refractivity contribution < 1.29 is 9.53 Å². The molecule has 19 heavy (non-hydrogen) atoms. The Balaban J connectivity index is 2.05. The van der Waals surface area contributed by atoms with Crippen molar-refractivity contribution in [2.75, 3.05) is 18.9 Å². The second-order valence-corrected chi connectivity index (χ2v) is 4.91. The molecule has 1 amide bonds. The van der Waals surface area contributed by atoms with Crippen molar-refractivity contribution >= 4 is 11.7 Å². The Labute approximate surface area is 113 Å². The van der Waals surface area contributed by atoms with Crippen LogP contribution in [-0.4, -0.2) is 30.1 Å². The molecule has 0 aromatic carbocycles. The number of ether oxygens (including phenoxy) is 1. The lowest BCUT2D eigenvalue weighted by molar-refractivity contribution is 0.0624. The third kappa shape index (κ3) is 3.92. The van der Waals surface area contributed by atoms with E-state index in [0.29, 0.717) is 18.0 Å². The number of aromatic nitrogens is 1. The standard InChI is InChI=1S/C14H21N3O2/c1-2-4-11-7-10(8-13(15)16-11)14(18)17-12-5-3-6-19-9-12/h7-8,12H,2-6,9H2,1H3,(H2,15,16)(H,17,18). The van der Waals surface area contributed by atoms with Gasteiger partial charge in [0.05, 0.1) is 12.6 Å². The van der Waals surface area contributed by atoms with Gasteiger partial charge in [-0.3, -0.25) is 4.79 Å². The Bertz CT molecular complexity index is 442. The first kappa shape index (κ1) is 13.8. The third-order valence-corrected chi connectivity index (χ3v) is 3.16. The normalized spacial score (nSPS) is 19.1. The van der Waals surface area contributed by atoms with Crippen molar-refractivity contribution in [3.63, 3.8) is 0 Å². The Morgan fingerprint density at radius 2 is 2.42 bits per heavy atom. The van der Waals surface area contributed by atoms with E-state index in [1.807, 2.05) is 6.07 Å². The van der Waals surface area contributed by atoms with Crippen LogP contribution in [0.25, 0.3) is 0 Å². The molecule has 0 spiro atoms. The van der Waals surface area contributed by atoms with Crippen LogP contribution < -0.4 is 11.1 Å². The summed E-state index contributed by atoms with van der Waals surface area (Å²) in [6, 6.07) is 3.54. The molecule has 5 nitrogen and oxygen atoms in total. The van der Waals surface area contributed by atoms with Gasteiger partial charge in [0, 0.05) is 17.9 Å². The Morgan fingerprint density at radius 1 is 1.58 bits per heavy atom. The van der Waals surface area contributed by atoms with Gasteiger partial charge in [-0.2, -0.15) is 0 Å². The molecule has 2 heterocycles. The molecular weight excluding hydrogens is 242 g/mol. The number of hydrogen-bond donors (Lipinski definition) is 2. The zero-order chi connectivity index (χ0) is 13.7. The Morgan fingerprint density at radius 3 is 3.11 bits per heavy atom.